The average molecular weight is 220 g/mol. The summed E-state index contributed by atoms with van der Waals surface area (Å²) in [5.74, 6) is -0.240. The monoisotopic (exact) mass is 220 g/mol. The highest BCUT2D eigenvalue weighted by molar-refractivity contribution is 5.97. The molecule has 3 heteroatoms. The molecule has 0 bridgehead atoms. The van der Waals surface area contributed by atoms with E-state index < -0.39 is 0 Å². The number of esters is 1. The third kappa shape index (κ3) is 4.26. The van der Waals surface area contributed by atoms with E-state index in [1.54, 1.807) is 24.3 Å². The Balaban J connectivity index is 2.39. The van der Waals surface area contributed by atoms with Crippen LogP contribution in [0.4, 0.5) is 0 Å². The van der Waals surface area contributed by atoms with Gasteiger partial charge >= 0.3 is 5.97 Å². The van der Waals surface area contributed by atoms with Crippen LogP contribution in [0.3, 0.4) is 0 Å². The molecule has 0 aliphatic heterocycles. The molecule has 0 spiro atoms. The minimum absolute atomic E-state index is 0.169. The molecule has 0 saturated carbocycles. The fourth-order valence-electron chi connectivity index (χ4n) is 1.25. The van der Waals surface area contributed by atoms with Crippen molar-refractivity contribution in [1.29, 1.82) is 0 Å². The lowest BCUT2D eigenvalue weighted by Gasteiger charge is -2.05. The number of Topliss-reactive ketones (excluding diaryl/α,β-unsaturated/α-hetero) is 1. The Kier molecular flexibility index (Phi) is 4.70. The average Bonchev–Trinajstić information content (AvgIpc) is 2.26. The van der Waals surface area contributed by atoms with Gasteiger partial charge in [0.05, 0.1) is 0 Å². The first-order valence-corrected chi connectivity index (χ1v) is 5.33. The molecule has 0 radical (unpaired) electrons. The minimum atomic E-state index is -0.320. The summed E-state index contributed by atoms with van der Waals surface area (Å²) in [6, 6.07) is 8.81. The second kappa shape index (κ2) is 6.05. The zero-order valence-electron chi connectivity index (χ0n) is 9.60. The number of ether oxygens (including phenoxy) is 1. The van der Waals surface area contributed by atoms with Crippen molar-refractivity contribution < 1.29 is 14.3 Å². The van der Waals surface area contributed by atoms with Crippen LogP contribution in [0.2, 0.25) is 0 Å². The van der Waals surface area contributed by atoms with Crippen LogP contribution in [0.5, 0.6) is 0 Å². The molecule has 0 saturated heterocycles. The van der Waals surface area contributed by atoms with Gasteiger partial charge < -0.3 is 4.74 Å². The lowest BCUT2D eigenvalue weighted by molar-refractivity contribution is -0.143. The Morgan fingerprint density at radius 3 is 2.38 bits per heavy atom. The van der Waals surface area contributed by atoms with Gasteiger partial charge in [0, 0.05) is 12.0 Å². The van der Waals surface area contributed by atoms with Crippen molar-refractivity contribution in [3.8, 4) is 0 Å². The maximum atomic E-state index is 11.6. The van der Waals surface area contributed by atoms with Crippen LogP contribution in [-0.4, -0.2) is 18.4 Å². The molecule has 0 aliphatic rings. The minimum Gasteiger partial charge on any atom is -0.457 e. The molecule has 3 nitrogen and oxygen atoms in total. The number of benzene rings is 1. The van der Waals surface area contributed by atoms with Crippen LogP contribution in [0.25, 0.3) is 0 Å². The van der Waals surface area contributed by atoms with E-state index in [0.717, 1.165) is 0 Å². The zero-order chi connectivity index (χ0) is 12.0. The van der Waals surface area contributed by atoms with Gasteiger partial charge in [0.15, 0.2) is 12.4 Å². The lowest BCUT2D eigenvalue weighted by atomic mass is 10.1. The number of hydrogen-bond acceptors (Lipinski definition) is 3. The highest BCUT2D eigenvalue weighted by Gasteiger charge is 2.10. The standard InChI is InChI=1S/C13H16O3/c1-10(2)8-13(15)16-9-12(14)11-6-4-3-5-7-11/h3-7,10H,8-9H2,1-2H3. The van der Waals surface area contributed by atoms with E-state index >= 15 is 0 Å². The van der Waals surface area contributed by atoms with Crippen molar-refractivity contribution >= 4 is 11.8 Å². The molecule has 16 heavy (non-hydrogen) atoms. The molecule has 0 N–H and O–H groups in total. The number of carbonyl (C=O) groups excluding carboxylic acids is 2. The van der Waals surface area contributed by atoms with Crippen molar-refractivity contribution in [2.75, 3.05) is 6.61 Å². The summed E-state index contributed by atoms with van der Waals surface area (Å²) in [6.07, 6.45) is 0.349. The molecule has 0 aromatic heterocycles. The van der Waals surface area contributed by atoms with Crippen LogP contribution in [-0.2, 0) is 9.53 Å². The first-order valence-electron chi connectivity index (χ1n) is 5.33. The van der Waals surface area contributed by atoms with Gasteiger partial charge in [-0.1, -0.05) is 44.2 Å². The Morgan fingerprint density at radius 2 is 1.81 bits per heavy atom. The van der Waals surface area contributed by atoms with E-state index in [0.29, 0.717) is 12.0 Å². The van der Waals surface area contributed by atoms with Crippen LogP contribution in [0.1, 0.15) is 30.6 Å². The molecule has 1 aromatic rings. The zero-order valence-corrected chi connectivity index (χ0v) is 9.60. The van der Waals surface area contributed by atoms with Gasteiger partial charge in [-0.25, -0.2) is 0 Å². The van der Waals surface area contributed by atoms with E-state index in [-0.39, 0.29) is 24.3 Å². The summed E-state index contributed by atoms with van der Waals surface area (Å²) in [7, 11) is 0. The van der Waals surface area contributed by atoms with Crippen molar-refractivity contribution in [3.05, 3.63) is 35.9 Å². The molecule has 0 amide bonds. The van der Waals surface area contributed by atoms with E-state index in [9.17, 15) is 9.59 Å². The molecule has 0 aliphatic carbocycles. The highest BCUT2D eigenvalue weighted by Crippen LogP contribution is 2.03. The summed E-state index contributed by atoms with van der Waals surface area (Å²) in [5.41, 5.74) is 0.569. The lowest BCUT2D eigenvalue weighted by Crippen LogP contribution is -2.15. The maximum Gasteiger partial charge on any atom is 0.306 e. The molecule has 1 rings (SSSR count). The van der Waals surface area contributed by atoms with E-state index in [1.165, 1.54) is 0 Å². The maximum absolute atomic E-state index is 11.6. The van der Waals surface area contributed by atoms with Crippen LogP contribution in [0, 0.1) is 5.92 Å². The first-order chi connectivity index (χ1) is 7.59. The number of hydrogen-bond donors (Lipinski definition) is 0. The van der Waals surface area contributed by atoms with E-state index in [2.05, 4.69) is 0 Å². The molecular weight excluding hydrogens is 204 g/mol. The summed E-state index contributed by atoms with van der Waals surface area (Å²) < 4.78 is 4.88. The quantitative estimate of drug-likeness (QED) is 0.565. The van der Waals surface area contributed by atoms with Crippen molar-refractivity contribution in [2.45, 2.75) is 20.3 Å². The van der Waals surface area contributed by atoms with Crippen molar-refractivity contribution in [1.82, 2.24) is 0 Å². The van der Waals surface area contributed by atoms with Crippen LogP contribution < -0.4 is 0 Å². The topological polar surface area (TPSA) is 43.4 Å². The summed E-state index contributed by atoms with van der Waals surface area (Å²) in [5, 5.41) is 0. The second-order valence-corrected chi connectivity index (χ2v) is 4.05. The van der Waals surface area contributed by atoms with Gasteiger partial charge in [-0.15, -0.1) is 0 Å². The normalized spacial score (nSPS) is 10.2. The van der Waals surface area contributed by atoms with Gasteiger partial charge in [-0.2, -0.15) is 0 Å². The Bertz CT molecular complexity index is 355. The first kappa shape index (κ1) is 12.4. The molecule has 0 unspecified atom stereocenters. The van der Waals surface area contributed by atoms with Gasteiger partial charge in [0.2, 0.25) is 0 Å². The predicted octanol–water partition coefficient (Wildman–Crippen LogP) is 2.46. The van der Waals surface area contributed by atoms with E-state index in [1.807, 2.05) is 19.9 Å². The molecule has 0 heterocycles. The predicted molar refractivity (Wildman–Crippen MR) is 61.2 cm³/mol. The number of carbonyl (C=O) groups is 2. The Hall–Kier alpha value is -1.64. The van der Waals surface area contributed by atoms with Crippen molar-refractivity contribution in [2.24, 2.45) is 5.92 Å². The third-order valence-corrected chi connectivity index (χ3v) is 2.03. The summed E-state index contributed by atoms with van der Waals surface area (Å²) in [4.78, 5) is 22.8. The van der Waals surface area contributed by atoms with Gasteiger partial charge in [0.1, 0.15) is 0 Å². The number of ketones is 1. The van der Waals surface area contributed by atoms with Crippen LogP contribution >= 0.6 is 0 Å². The fraction of sp³-hybridized carbons (Fsp3) is 0.385. The van der Waals surface area contributed by atoms with Crippen molar-refractivity contribution in [3.63, 3.8) is 0 Å². The second-order valence-electron chi connectivity index (χ2n) is 4.05. The third-order valence-electron chi connectivity index (χ3n) is 2.03. The Morgan fingerprint density at radius 1 is 1.19 bits per heavy atom. The van der Waals surface area contributed by atoms with Gasteiger partial charge in [-0.3, -0.25) is 9.59 Å². The molecule has 0 fully saturated rings. The van der Waals surface area contributed by atoms with Gasteiger partial charge in [-0.05, 0) is 5.92 Å². The molecule has 86 valence electrons. The Labute approximate surface area is 95.4 Å². The summed E-state index contributed by atoms with van der Waals surface area (Å²) in [6.45, 7) is 3.69. The largest absolute Gasteiger partial charge is 0.457 e. The molecule has 1 aromatic carbocycles. The SMILES string of the molecule is CC(C)CC(=O)OCC(=O)c1ccccc1. The van der Waals surface area contributed by atoms with E-state index in [4.69, 9.17) is 4.74 Å². The number of rotatable bonds is 5. The smallest absolute Gasteiger partial charge is 0.306 e. The van der Waals surface area contributed by atoms with Crippen LogP contribution in [0.15, 0.2) is 30.3 Å². The molecular formula is C13H16O3. The fourth-order valence-corrected chi connectivity index (χ4v) is 1.25. The summed E-state index contributed by atoms with van der Waals surface area (Å²) >= 11 is 0. The van der Waals surface area contributed by atoms with Gasteiger partial charge in [0.25, 0.3) is 0 Å². The molecule has 0 atom stereocenters. The highest BCUT2D eigenvalue weighted by atomic mass is 16.5.